The molecule has 1 N–H and O–H groups in total. The van der Waals surface area contributed by atoms with Crippen LogP contribution in [0.15, 0.2) is 69.9 Å². The highest BCUT2D eigenvalue weighted by atomic mass is 32.2. The predicted molar refractivity (Wildman–Crippen MR) is 124 cm³/mol. The molecule has 2 aromatic carbocycles. The summed E-state index contributed by atoms with van der Waals surface area (Å²) in [6.07, 6.45) is 0. The first kappa shape index (κ1) is 21.3. The third-order valence-corrected chi connectivity index (χ3v) is 6.70. The van der Waals surface area contributed by atoms with Crippen molar-refractivity contribution in [2.45, 2.75) is 23.9 Å². The van der Waals surface area contributed by atoms with Crippen LogP contribution in [0.3, 0.4) is 0 Å². The van der Waals surface area contributed by atoms with Crippen molar-refractivity contribution in [3.63, 3.8) is 0 Å². The van der Waals surface area contributed by atoms with Crippen LogP contribution in [-0.2, 0) is 11.3 Å². The fraction of sp³-hybridized carbons (Fsp3) is 0.174. The molecule has 31 heavy (non-hydrogen) atoms. The summed E-state index contributed by atoms with van der Waals surface area (Å²) in [6.45, 7) is 2.32. The number of hydrogen-bond acceptors (Lipinski definition) is 5. The Kier molecular flexibility index (Phi) is 6.20. The van der Waals surface area contributed by atoms with Crippen LogP contribution in [0.4, 0.5) is 4.39 Å². The number of thiophene rings is 1. The number of nitrogens with one attached hydrogen (secondary N) is 1. The van der Waals surface area contributed by atoms with E-state index in [1.165, 1.54) is 35.2 Å². The smallest absolute Gasteiger partial charge is 0.260 e. The molecule has 0 bridgehead atoms. The number of aromatic nitrogens is 2. The van der Waals surface area contributed by atoms with Crippen LogP contribution in [0.5, 0.6) is 0 Å². The Hall–Kier alpha value is -2.97. The molecule has 158 valence electrons. The minimum Gasteiger partial charge on any atom is -0.340 e. The van der Waals surface area contributed by atoms with E-state index < -0.39 is 5.25 Å². The fourth-order valence-corrected chi connectivity index (χ4v) is 5.21. The van der Waals surface area contributed by atoms with Gasteiger partial charge in [-0.15, -0.1) is 11.3 Å². The van der Waals surface area contributed by atoms with Gasteiger partial charge in [-0.3, -0.25) is 9.59 Å². The van der Waals surface area contributed by atoms with E-state index in [1.807, 2.05) is 35.7 Å². The summed E-state index contributed by atoms with van der Waals surface area (Å²) in [5.41, 5.74) is 2.25. The molecule has 0 radical (unpaired) electrons. The van der Waals surface area contributed by atoms with Crippen molar-refractivity contribution in [3.8, 4) is 11.1 Å². The highest BCUT2D eigenvalue weighted by molar-refractivity contribution is 8.00. The highest BCUT2D eigenvalue weighted by Crippen LogP contribution is 2.32. The maximum atomic E-state index is 13.2. The summed E-state index contributed by atoms with van der Waals surface area (Å²) >= 11 is 2.58. The van der Waals surface area contributed by atoms with Gasteiger partial charge in [-0.1, -0.05) is 54.2 Å². The van der Waals surface area contributed by atoms with Crippen LogP contribution < -0.4 is 5.56 Å². The summed E-state index contributed by atoms with van der Waals surface area (Å²) in [5.74, 6) is -0.375. The number of thioether (sulfide) groups is 1. The van der Waals surface area contributed by atoms with Crippen LogP contribution in [0.25, 0.3) is 21.3 Å². The molecule has 0 saturated carbocycles. The zero-order valence-electron chi connectivity index (χ0n) is 17.0. The van der Waals surface area contributed by atoms with Crippen LogP contribution in [0, 0.1) is 5.82 Å². The molecule has 4 aromatic rings. The predicted octanol–water partition coefficient (Wildman–Crippen LogP) is 4.93. The first-order valence-corrected chi connectivity index (χ1v) is 11.4. The minimum atomic E-state index is -0.411. The molecular weight excluding hydrogens is 433 g/mol. The molecule has 2 aromatic heterocycles. The normalized spacial score (nSPS) is 12.1. The van der Waals surface area contributed by atoms with E-state index in [0.29, 0.717) is 21.9 Å². The van der Waals surface area contributed by atoms with Crippen LogP contribution >= 0.6 is 23.1 Å². The molecule has 0 fully saturated rings. The second-order valence-electron chi connectivity index (χ2n) is 7.15. The number of rotatable bonds is 6. The van der Waals surface area contributed by atoms with Gasteiger partial charge in [-0.25, -0.2) is 9.37 Å². The monoisotopic (exact) mass is 453 g/mol. The van der Waals surface area contributed by atoms with Crippen LogP contribution in [0.1, 0.15) is 12.5 Å². The quantitative estimate of drug-likeness (QED) is 0.332. The van der Waals surface area contributed by atoms with Gasteiger partial charge in [0.2, 0.25) is 5.91 Å². The second kappa shape index (κ2) is 9.03. The number of hydrogen-bond donors (Lipinski definition) is 1. The van der Waals surface area contributed by atoms with Gasteiger partial charge in [0.15, 0.2) is 5.16 Å². The van der Waals surface area contributed by atoms with Crippen molar-refractivity contribution >= 4 is 39.2 Å². The van der Waals surface area contributed by atoms with E-state index >= 15 is 0 Å². The van der Waals surface area contributed by atoms with Gasteiger partial charge in [-0.05, 0) is 30.2 Å². The number of nitrogens with zero attached hydrogens (tertiary/aromatic N) is 2. The largest absolute Gasteiger partial charge is 0.340 e. The van der Waals surface area contributed by atoms with Crippen molar-refractivity contribution in [2.24, 2.45) is 0 Å². The van der Waals surface area contributed by atoms with Gasteiger partial charge in [0, 0.05) is 24.5 Å². The Morgan fingerprint density at radius 3 is 2.61 bits per heavy atom. The van der Waals surface area contributed by atoms with Crippen LogP contribution in [0.2, 0.25) is 0 Å². The summed E-state index contributed by atoms with van der Waals surface area (Å²) in [4.78, 5) is 35.1. The summed E-state index contributed by atoms with van der Waals surface area (Å²) in [7, 11) is 1.76. The number of halogens is 1. The molecule has 1 amide bonds. The average molecular weight is 454 g/mol. The molecule has 0 unspecified atom stereocenters. The van der Waals surface area contributed by atoms with E-state index in [9.17, 15) is 14.0 Å². The third kappa shape index (κ3) is 4.70. The third-order valence-electron chi connectivity index (χ3n) is 4.85. The van der Waals surface area contributed by atoms with Gasteiger partial charge in [0.1, 0.15) is 10.6 Å². The molecule has 2 heterocycles. The topological polar surface area (TPSA) is 66.1 Å². The molecule has 0 aliphatic heterocycles. The van der Waals surface area contributed by atoms with E-state index in [0.717, 1.165) is 16.7 Å². The van der Waals surface area contributed by atoms with Crippen molar-refractivity contribution in [2.75, 3.05) is 7.05 Å². The number of fused-ring (bicyclic) bond motifs is 1. The van der Waals surface area contributed by atoms with Gasteiger partial charge in [0.05, 0.1) is 10.6 Å². The van der Waals surface area contributed by atoms with E-state index in [2.05, 4.69) is 9.97 Å². The molecule has 0 aliphatic rings. The number of aromatic amines is 1. The standard InChI is InChI=1S/C23H20FN3O2S2/c1-14(22(29)27(2)12-15-6-4-3-5-7-15)31-23-25-20(28)19-18(13-30-21(19)26-23)16-8-10-17(24)11-9-16/h3-11,13-14H,12H2,1-2H3,(H,25,26,28)/t14-/m1/s1. The summed E-state index contributed by atoms with van der Waals surface area (Å²) in [6, 6.07) is 15.8. The van der Waals surface area contributed by atoms with E-state index in [1.54, 1.807) is 31.0 Å². The molecule has 0 saturated heterocycles. The highest BCUT2D eigenvalue weighted by Gasteiger charge is 2.21. The Morgan fingerprint density at radius 1 is 1.19 bits per heavy atom. The second-order valence-corrected chi connectivity index (χ2v) is 9.34. The van der Waals surface area contributed by atoms with Crippen molar-refractivity contribution in [1.29, 1.82) is 0 Å². The number of H-pyrrole nitrogens is 1. The lowest BCUT2D eigenvalue weighted by Crippen LogP contribution is -2.33. The van der Waals surface area contributed by atoms with Gasteiger partial charge >= 0.3 is 0 Å². The van der Waals surface area contributed by atoms with Gasteiger partial charge in [0.25, 0.3) is 5.56 Å². The molecule has 5 nitrogen and oxygen atoms in total. The SMILES string of the molecule is C[C@@H](Sc1nc2scc(-c3ccc(F)cc3)c2c(=O)[nH]1)C(=O)N(C)Cc1ccccc1. The maximum absolute atomic E-state index is 13.2. The zero-order chi connectivity index (χ0) is 22.0. The van der Waals surface area contributed by atoms with Gasteiger partial charge < -0.3 is 9.88 Å². The first-order chi connectivity index (χ1) is 14.9. The fourth-order valence-electron chi connectivity index (χ4n) is 3.29. The van der Waals surface area contributed by atoms with Crippen LogP contribution in [-0.4, -0.2) is 33.1 Å². The van der Waals surface area contributed by atoms with Crippen molar-refractivity contribution in [3.05, 3.63) is 81.7 Å². The number of carbonyl (C=O) groups excluding carboxylic acids is 1. The average Bonchev–Trinajstić information content (AvgIpc) is 3.19. The Morgan fingerprint density at radius 2 is 1.90 bits per heavy atom. The minimum absolute atomic E-state index is 0.0465. The molecule has 8 heteroatoms. The molecule has 1 atom stereocenters. The molecular formula is C23H20FN3O2S2. The molecule has 4 rings (SSSR count). The first-order valence-electron chi connectivity index (χ1n) is 9.65. The van der Waals surface area contributed by atoms with Gasteiger partial charge in [-0.2, -0.15) is 0 Å². The zero-order valence-corrected chi connectivity index (χ0v) is 18.6. The van der Waals surface area contributed by atoms with Crippen molar-refractivity contribution < 1.29 is 9.18 Å². The lowest BCUT2D eigenvalue weighted by Gasteiger charge is -2.21. The molecule has 0 aliphatic carbocycles. The lowest BCUT2D eigenvalue weighted by molar-refractivity contribution is -0.129. The summed E-state index contributed by atoms with van der Waals surface area (Å²) < 4.78 is 13.2. The Labute approximate surface area is 187 Å². The lowest BCUT2D eigenvalue weighted by atomic mass is 10.1. The molecule has 0 spiro atoms. The summed E-state index contributed by atoms with van der Waals surface area (Å²) in [5, 5.41) is 2.31. The number of carbonyl (C=O) groups is 1. The Balaban J connectivity index is 1.53. The maximum Gasteiger partial charge on any atom is 0.260 e. The van der Waals surface area contributed by atoms with E-state index in [-0.39, 0.29) is 17.3 Å². The van der Waals surface area contributed by atoms with Crippen molar-refractivity contribution in [1.82, 2.24) is 14.9 Å². The Bertz CT molecular complexity index is 1270. The van der Waals surface area contributed by atoms with E-state index in [4.69, 9.17) is 0 Å². The number of amides is 1. The number of benzene rings is 2.